The smallest absolute Gasteiger partial charge is 0.340 e. The fraction of sp³-hybridized carbons (Fsp3) is 0.348. The number of carbonyl (C=O) groups is 3. The highest BCUT2D eigenvalue weighted by Crippen LogP contribution is 2.17. The molecule has 30 heavy (non-hydrogen) atoms. The number of nitrogens with zero attached hydrogens (tertiary/aromatic N) is 1. The zero-order valence-corrected chi connectivity index (χ0v) is 17.2. The van der Waals surface area contributed by atoms with Gasteiger partial charge in [0.1, 0.15) is 0 Å². The van der Waals surface area contributed by atoms with E-state index in [0.717, 1.165) is 5.56 Å². The molecule has 1 fully saturated rings. The second-order valence-corrected chi connectivity index (χ2v) is 7.39. The minimum absolute atomic E-state index is 0.0612. The van der Waals surface area contributed by atoms with E-state index in [-0.39, 0.29) is 42.6 Å². The predicted molar refractivity (Wildman–Crippen MR) is 112 cm³/mol. The van der Waals surface area contributed by atoms with Crippen molar-refractivity contribution in [1.29, 1.82) is 0 Å². The number of anilines is 1. The lowest BCUT2D eigenvalue weighted by molar-refractivity contribution is -0.146. The third-order valence-corrected chi connectivity index (χ3v) is 4.73. The number of benzene rings is 2. The molecular weight excluding hydrogens is 384 g/mol. The van der Waals surface area contributed by atoms with Crippen molar-refractivity contribution in [2.24, 2.45) is 0 Å². The topological polar surface area (TPSA) is 84.9 Å². The van der Waals surface area contributed by atoms with E-state index in [9.17, 15) is 14.4 Å². The van der Waals surface area contributed by atoms with Gasteiger partial charge in [0, 0.05) is 13.1 Å². The molecule has 7 heteroatoms. The summed E-state index contributed by atoms with van der Waals surface area (Å²) in [5.74, 6) is -1.17. The lowest BCUT2D eigenvalue weighted by Crippen LogP contribution is -2.49. The van der Waals surface area contributed by atoms with Crippen molar-refractivity contribution in [3.05, 3.63) is 65.7 Å². The van der Waals surface area contributed by atoms with E-state index in [2.05, 4.69) is 5.32 Å². The highest BCUT2D eigenvalue weighted by molar-refractivity contribution is 6.02. The van der Waals surface area contributed by atoms with Gasteiger partial charge in [-0.1, -0.05) is 42.5 Å². The summed E-state index contributed by atoms with van der Waals surface area (Å²) < 4.78 is 10.8. The fourth-order valence-corrected chi connectivity index (χ4v) is 3.42. The van der Waals surface area contributed by atoms with Crippen molar-refractivity contribution in [3.63, 3.8) is 0 Å². The molecule has 2 atom stereocenters. The van der Waals surface area contributed by atoms with E-state index in [1.165, 1.54) is 0 Å². The normalized spacial score (nSPS) is 18.5. The van der Waals surface area contributed by atoms with Gasteiger partial charge in [-0.15, -0.1) is 0 Å². The monoisotopic (exact) mass is 410 g/mol. The molecule has 7 nitrogen and oxygen atoms in total. The highest BCUT2D eigenvalue weighted by atomic mass is 16.5. The molecule has 1 N–H and O–H groups in total. The number of hydrogen-bond donors (Lipinski definition) is 1. The van der Waals surface area contributed by atoms with Gasteiger partial charge in [0.15, 0.2) is 6.61 Å². The molecule has 0 aliphatic carbocycles. The largest absolute Gasteiger partial charge is 0.452 e. The molecule has 0 spiro atoms. The first-order chi connectivity index (χ1) is 14.4. The van der Waals surface area contributed by atoms with Gasteiger partial charge in [0.25, 0.3) is 5.91 Å². The van der Waals surface area contributed by atoms with Gasteiger partial charge in [-0.25, -0.2) is 4.79 Å². The number of amides is 2. The van der Waals surface area contributed by atoms with Crippen LogP contribution in [0.25, 0.3) is 0 Å². The highest BCUT2D eigenvalue weighted by Gasteiger charge is 2.26. The summed E-state index contributed by atoms with van der Waals surface area (Å²) in [5, 5.41) is 2.75. The molecular formula is C23H26N2O5. The molecule has 1 aliphatic rings. The quantitative estimate of drug-likeness (QED) is 0.740. The summed E-state index contributed by atoms with van der Waals surface area (Å²) in [4.78, 5) is 39.0. The number of esters is 1. The Morgan fingerprint density at radius 3 is 2.33 bits per heavy atom. The molecule has 0 saturated carbocycles. The van der Waals surface area contributed by atoms with Crippen molar-refractivity contribution in [1.82, 2.24) is 4.90 Å². The van der Waals surface area contributed by atoms with Gasteiger partial charge in [-0.05, 0) is 31.5 Å². The minimum atomic E-state index is -0.659. The lowest BCUT2D eigenvalue weighted by atomic mass is 10.1. The van der Waals surface area contributed by atoms with Crippen molar-refractivity contribution in [2.45, 2.75) is 32.5 Å². The predicted octanol–water partition coefficient (Wildman–Crippen LogP) is 2.66. The molecule has 2 aromatic carbocycles. The molecule has 0 aromatic heterocycles. The van der Waals surface area contributed by atoms with Crippen LogP contribution >= 0.6 is 0 Å². The van der Waals surface area contributed by atoms with Gasteiger partial charge >= 0.3 is 5.97 Å². The number of morpholine rings is 1. The van der Waals surface area contributed by atoms with Gasteiger partial charge in [-0.2, -0.15) is 0 Å². The summed E-state index contributed by atoms with van der Waals surface area (Å²) >= 11 is 0. The van der Waals surface area contributed by atoms with Crippen molar-refractivity contribution < 1.29 is 23.9 Å². The Kier molecular flexibility index (Phi) is 7.19. The van der Waals surface area contributed by atoms with Crippen LogP contribution in [0, 0.1) is 0 Å². The number of hydrogen-bond acceptors (Lipinski definition) is 5. The van der Waals surface area contributed by atoms with E-state index < -0.39 is 5.97 Å². The van der Waals surface area contributed by atoms with E-state index in [4.69, 9.17) is 9.47 Å². The Bertz CT molecular complexity index is 889. The van der Waals surface area contributed by atoms with Crippen LogP contribution in [0.3, 0.4) is 0 Å². The van der Waals surface area contributed by atoms with Crippen molar-refractivity contribution in [3.8, 4) is 0 Å². The van der Waals surface area contributed by atoms with Crippen LogP contribution in [-0.2, 0) is 25.5 Å². The molecule has 3 rings (SSSR count). The van der Waals surface area contributed by atoms with Crippen molar-refractivity contribution >= 4 is 23.5 Å². The van der Waals surface area contributed by atoms with Gasteiger partial charge in [0.05, 0.1) is 29.9 Å². The van der Waals surface area contributed by atoms with E-state index in [0.29, 0.717) is 18.8 Å². The van der Waals surface area contributed by atoms with E-state index in [1.54, 1.807) is 29.2 Å². The molecule has 158 valence electrons. The number of rotatable bonds is 6. The first kappa shape index (κ1) is 21.5. The molecule has 0 radical (unpaired) electrons. The zero-order valence-electron chi connectivity index (χ0n) is 17.2. The third kappa shape index (κ3) is 5.90. The molecule has 1 aliphatic heterocycles. The molecule has 2 aromatic rings. The maximum absolute atomic E-state index is 12.6. The first-order valence-electron chi connectivity index (χ1n) is 9.95. The molecule has 1 saturated heterocycles. The average Bonchev–Trinajstić information content (AvgIpc) is 2.72. The minimum Gasteiger partial charge on any atom is -0.452 e. The van der Waals surface area contributed by atoms with Crippen LogP contribution in [0.4, 0.5) is 5.69 Å². The number of ether oxygens (including phenoxy) is 2. The SMILES string of the molecule is C[C@H]1CN(C(=O)COC(=O)c2ccccc2NC(=O)Cc2ccccc2)C[C@H](C)O1. The van der Waals surface area contributed by atoms with Crippen LogP contribution in [0.2, 0.25) is 0 Å². The Morgan fingerprint density at radius 1 is 1.00 bits per heavy atom. The van der Waals surface area contributed by atoms with E-state index in [1.807, 2.05) is 44.2 Å². The average molecular weight is 410 g/mol. The second-order valence-electron chi connectivity index (χ2n) is 7.39. The Hall–Kier alpha value is -3.19. The van der Waals surface area contributed by atoms with E-state index >= 15 is 0 Å². The fourth-order valence-electron chi connectivity index (χ4n) is 3.42. The molecule has 2 amide bonds. The molecule has 1 heterocycles. The lowest BCUT2D eigenvalue weighted by Gasteiger charge is -2.35. The standard InChI is InChI=1S/C23H26N2O5/c1-16-13-25(14-17(2)30-16)22(27)15-29-23(28)19-10-6-7-11-20(19)24-21(26)12-18-8-4-3-5-9-18/h3-11,16-17H,12-15H2,1-2H3,(H,24,26)/t16-,17-/m0/s1. The number of carbonyl (C=O) groups excluding carboxylic acids is 3. The van der Waals surface area contributed by atoms with Gasteiger partial charge < -0.3 is 19.7 Å². The maximum atomic E-state index is 12.6. The van der Waals surface area contributed by atoms with Crippen LogP contribution in [0.1, 0.15) is 29.8 Å². The maximum Gasteiger partial charge on any atom is 0.340 e. The zero-order chi connectivity index (χ0) is 21.5. The Balaban J connectivity index is 1.58. The summed E-state index contributed by atoms with van der Waals surface area (Å²) in [6, 6.07) is 15.9. The Morgan fingerprint density at radius 2 is 1.63 bits per heavy atom. The number of para-hydroxylation sites is 1. The molecule has 0 bridgehead atoms. The van der Waals surface area contributed by atoms with Crippen LogP contribution in [-0.4, -0.2) is 54.6 Å². The summed E-state index contributed by atoms with van der Waals surface area (Å²) in [6.07, 6.45) is 0.0683. The summed E-state index contributed by atoms with van der Waals surface area (Å²) in [6.45, 7) is 4.37. The third-order valence-electron chi connectivity index (χ3n) is 4.73. The van der Waals surface area contributed by atoms with Crippen LogP contribution in [0.15, 0.2) is 54.6 Å². The van der Waals surface area contributed by atoms with Crippen LogP contribution in [0.5, 0.6) is 0 Å². The van der Waals surface area contributed by atoms with Crippen molar-refractivity contribution in [2.75, 3.05) is 25.0 Å². The van der Waals surface area contributed by atoms with Gasteiger partial charge in [-0.3, -0.25) is 9.59 Å². The van der Waals surface area contributed by atoms with Gasteiger partial charge in [0.2, 0.25) is 5.91 Å². The first-order valence-corrected chi connectivity index (χ1v) is 9.95. The number of nitrogens with one attached hydrogen (secondary N) is 1. The van der Waals surface area contributed by atoms with Crippen LogP contribution < -0.4 is 5.32 Å². The second kappa shape index (κ2) is 10.0. The molecule has 0 unspecified atom stereocenters. The summed E-state index contributed by atoms with van der Waals surface area (Å²) in [7, 11) is 0. The Labute approximate surface area is 176 Å². The summed E-state index contributed by atoms with van der Waals surface area (Å²) in [5.41, 5.74) is 1.43.